The van der Waals surface area contributed by atoms with Gasteiger partial charge in [0.1, 0.15) is 17.8 Å². The van der Waals surface area contributed by atoms with Crippen LogP contribution in [0.25, 0.3) is 0 Å². The molecule has 1 aromatic rings. The van der Waals surface area contributed by atoms with E-state index in [4.69, 9.17) is 14.5 Å². The van der Waals surface area contributed by atoms with E-state index in [1.54, 1.807) is 26.0 Å². The van der Waals surface area contributed by atoms with Crippen LogP contribution in [0.5, 0.6) is 0 Å². The number of nitrogens with one attached hydrogen (secondary N) is 1. The first-order valence-electron chi connectivity index (χ1n) is 9.30. The first kappa shape index (κ1) is 23.5. The van der Waals surface area contributed by atoms with Gasteiger partial charge in [-0.3, -0.25) is 9.97 Å². The molecule has 0 aliphatic rings. The molecule has 0 aliphatic carbocycles. The molecular formula is C20H32FN2O3P. The Hall–Kier alpha value is -1.49. The molecule has 0 atom stereocenters. The maximum atomic E-state index is 13.3. The van der Waals surface area contributed by atoms with Gasteiger partial charge in [0.15, 0.2) is 0 Å². The molecule has 0 radical (unpaired) electrons. The van der Waals surface area contributed by atoms with E-state index in [-0.39, 0.29) is 31.0 Å². The van der Waals surface area contributed by atoms with E-state index in [2.05, 4.69) is 6.58 Å². The van der Waals surface area contributed by atoms with Crippen molar-refractivity contribution in [3.05, 3.63) is 48.3 Å². The number of unbranched alkanes of at least 4 members (excludes halogenated alkanes) is 1. The van der Waals surface area contributed by atoms with E-state index >= 15 is 0 Å². The SMILES string of the molecule is C=CCCCN(C(=N)CP(=O)(OCC)OCC)C(C)(C)c1ccc(F)cc1. The second-order valence-electron chi connectivity index (χ2n) is 6.70. The standard InChI is InChI=1S/C20H32FN2O3P/c1-6-9-10-15-23(19(22)16-27(24,25-7-2)26-8-3)20(4,5)17-11-13-18(21)14-12-17/h6,11-14,22H,1,7-10,15-16H2,2-5H3. The highest BCUT2D eigenvalue weighted by atomic mass is 31.2. The second-order valence-corrected chi connectivity index (χ2v) is 8.75. The van der Waals surface area contributed by atoms with Crippen molar-refractivity contribution in [2.75, 3.05) is 25.9 Å². The van der Waals surface area contributed by atoms with E-state index in [0.717, 1.165) is 18.4 Å². The summed E-state index contributed by atoms with van der Waals surface area (Å²) in [4.78, 5) is 1.88. The van der Waals surface area contributed by atoms with Gasteiger partial charge in [0.2, 0.25) is 0 Å². The summed E-state index contributed by atoms with van der Waals surface area (Å²) in [6, 6.07) is 6.25. The fraction of sp³-hybridized carbons (Fsp3) is 0.550. The molecule has 27 heavy (non-hydrogen) atoms. The van der Waals surface area contributed by atoms with Gasteiger partial charge in [-0.15, -0.1) is 6.58 Å². The van der Waals surface area contributed by atoms with Crippen molar-refractivity contribution in [2.45, 2.75) is 46.1 Å². The van der Waals surface area contributed by atoms with Gasteiger partial charge in [0.25, 0.3) is 0 Å². The maximum absolute atomic E-state index is 13.3. The number of halogens is 1. The van der Waals surface area contributed by atoms with Crippen LogP contribution in [0.2, 0.25) is 0 Å². The third kappa shape index (κ3) is 6.87. The zero-order chi connectivity index (χ0) is 20.5. The highest BCUT2D eigenvalue weighted by molar-refractivity contribution is 7.54. The van der Waals surface area contributed by atoms with Crippen LogP contribution in [-0.2, 0) is 19.2 Å². The molecule has 0 saturated carbocycles. The lowest BCUT2D eigenvalue weighted by molar-refractivity contribution is 0.204. The minimum absolute atomic E-state index is 0.104. The lowest BCUT2D eigenvalue weighted by Crippen LogP contribution is -2.47. The van der Waals surface area contributed by atoms with Gasteiger partial charge >= 0.3 is 7.60 Å². The molecule has 5 nitrogen and oxygen atoms in total. The lowest BCUT2D eigenvalue weighted by Gasteiger charge is -2.41. The van der Waals surface area contributed by atoms with Crippen LogP contribution >= 0.6 is 7.60 Å². The van der Waals surface area contributed by atoms with Crippen LogP contribution in [0.1, 0.15) is 46.1 Å². The van der Waals surface area contributed by atoms with E-state index in [0.29, 0.717) is 6.54 Å². The molecule has 0 heterocycles. The smallest absolute Gasteiger partial charge is 0.338 e. The lowest BCUT2D eigenvalue weighted by atomic mass is 9.91. The van der Waals surface area contributed by atoms with Crippen molar-refractivity contribution in [1.29, 1.82) is 5.41 Å². The largest absolute Gasteiger partial charge is 0.351 e. The van der Waals surface area contributed by atoms with Crippen molar-refractivity contribution in [1.82, 2.24) is 4.90 Å². The van der Waals surface area contributed by atoms with Crippen molar-refractivity contribution in [3.63, 3.8) is 0 Å². The van der Waals surface area contributed by atoms with E-state index in [1.165, 1.54) is 12.1 Å². The van der Waals surface area contributed by atoms with Gasteiger partial charge < -0.3 is 13.9 Å². The summed E-state index contributed by atoms with van der Waals surface area (Å²) in [5.74, 6) is -0.126. The normalized spacial score (nSPS) is 12.0. The van der Waals surface area contributed by atoms with Gasteiger partial charge in [0.05, 0.1) is 18.8 Å². The Kier molecular flexibility index (Phi) is 9.37. The van der Waals surface area contributed by atoms with Gasteiger partial charge in [-0.05, 0) is 58.2 Å². The minimum atomic E-state index is -3.38. The number of amidine groups is 1. The van der Waals surface area contributed by atoms with Gasteiger partial charge in [0, 0.05) is 6.54 Å². The van der Waals surface area contributed by atoms with E-state index < -0.39 is 13.1 Å². The van der Waals surface area contributed by atoms with Gasteiger partial charge in [-0.1, -0.05) is 18.2 Å². The van der Waals surface area contributed by atoms with E-state index in [9.17, 15) is 8.96 Å². The Balaban J connectivity index is 3.14. The number of rotatable bonds is 12. The van der Waals surface area contributed by atoms with Crippen molar-refractivity contribution >= 4 is 13.4 Å². The predicted molar refractivity (Wildman–Crippen MR) is 109 cm³/mol. The van der Waals surface area contributed by atoms with Crippen LogP contribution in [0.4, 0.5) is 4.39 Å². The van der Waals surface area contributed by atoms with Gasteiger partial charge in [-0.25, -0.2) is 4.39 Å². The number of allylic oxidation sites excluding steroid dienone is 1. The highest BCUT2D eigenvalue weighted by Gasteiger charge is 2.35. The molecule has 152 valence electrons. The third-order valence-corrected chi connectivity index (χ3v) is 6.33. The molecule has 0 aromatic heterocycles. The molecule has 0 fully saturated rings. The predicted octanol–water partition coefficient (Wildman–Crippen LogP) is 5.57. The van der Waals surface area contributed by atoms with Crippen LogP contribution in [0.15, 0.2) is 36.9 Å². The Labute approximate surface area is 162 Å². The Bertz CT molecular complexity index is 652. The molecule has 7 heteroatoms. The number of hydrogen-bond acceptors (Lipinski definition) is 4. The molecule has 0 bridgehead atoms. The quantitative estimate of drug-likeness (QED) is 0.164. The molecule has 1 rings (SSSR count). The minimum Gasteiger partial charge on any atom is -0.351 e. The molecule has 1 aromatic carbocycles. The van der Waals surface area contributed by atoms with E-state index in [1.807, 2.05) is 24.8 Å². The fourth-order valence-electron chi connectivity index (χ4n) is 2.95. The van der Waals surface area contributed by atoms with Crippen LogP contribution in [0.3, 0.4) is 0 Å². The Morgan fingerprint density at radius 3 is 2.30 bits per heavy atom. The second kappa shape index (κ2) is 10.7. The summed E-state index contributed by atoms with van der Waals surface area (Å²) in [6.07, 6.45) is 3.33. The summed E-state index contributed by atoms with van der Waals surface area (Å²) in [5.41, 5.74) is 0.282. The summed E-state index contributed by atoms with van der Waals surface area (Å²) >= 11 is 0. The molecule has 1 N–H and O–H groups in total. The van der Waals surface area contributed by atoms with Crippen molar-refractivity contribution < 1.29 is 18.0 Å². The zero-order valence-corrected chi connectivity index (χ0v) is 17.7. The average Bonchev–Trinajstić information content (AvgIpc) is 2.59. The molecule has 0 unspecified atom stereocenters. The zero-order valence-electron chi connectivity index (χ0n) is 16.8. The summed E-state index contributed by atoms with van der Waals surface area (Å²) < 4.78 is 36.9. The Morgan fingerprint density at radius 1 is 1.26 bits per heavy atom. The maximum Gasteiger partial charge on any atom is 0.338 e. The first-order chi connectivity index (χ1) is 12.7. The fourth-order valence-corrected chi connectivity index (χ4v) is 4.53. The van der Waals surface area contributed by atoms with Crippen LogP contribution < -0.4 is 0 Å². The molecule has 0 aliphatic heterocycles. The van der Waals surface area contributed by atoms with Crippen LogP contribution in [0, 0.1) is 11.2 Å². The molecule has 0 saturated heterocycles. The molecule has 0 amide bonds. The summed E-state index contributed by atoms with van der Waals surface area (Å²) in [5, 5.41) is 8.63. The van der Waals surface area contributed by atoms with Crippen LogP contribution in [-0.4, -0.2) is 36.7 Å². The molecule has 0 spiro atoms. The topological polar surface area (TPSA) is 62.6 Å². The highest BCUT2D eigenvalue weighted by Crippen LogP contribution is 2.48. The number of benzene rings is 1. The van der Waals surface area contributed by atoms with Gasteiger partial charge in [-0.2, -0.15) is 0 Å². The summed E-state index contributed by atoms with van der Waals surface area (Å²) in [6.45, 7) is 12.3. The monoisotopic (exact) mass is 398 g/mol. The summed E-state index contributed by atoms with van der Waals surface area (Å²) in [7, 11) is -3.38. The number of hydrogen-bond donors (Lipinski definition) is 1. The number of nitrogens with zero attached hydrogens (tertiary/aromatic N) is 1. The first-order valence-corrected chi connectivity index (χ1v) is 11.0. The van der Waals surface area contributed by atoms with Crippen molar-refractivity contribution in [2.24, 2.45) is 0 Å². The molecular weight excluding hydrogens is 366 g/mol. The average molecular weight is 398 g/mol. The van der Waals surface area contributed by atoms with Crippen molar-refractivity contribution in [3.8, 4) is 0 Å². The third-order valence-electron chi connectivity index (χ3n) is 4.34. The Morgan fingerprint density at radius 2 is 1.81 bits per heavy atom.